The van der Waals surface area contributed by atoms with Crippen LogP contribution in [0.1, 0.15) is 71.1 Å². The maximum absolute atomic E-state index is 13.5. The summed E-state index contributed by atoms with van der Waals surface area (Å²) in [7, 11) is -4.39. The third-order valence-corrected chi connectivity index (χ3v) is 24.8. The molecule has 27 nitrogen and oxygen atoms in total. The summed E-state index contributed by atoms with van der Waals surface area (Å²) in [6.45, 7) is 5.45. The number of imidazole rings is 1. The lowest BCUT2D eigenvalue weighted by molar-refractivity contribution is -0.122. The molecule has 5 N–H and O–H groups in total. The van der Waals surface area contributed by atoms with E-state index < -0.39 is 79.2 Å². The molecule has 39 heteroatoms. The van der Waals surface area contributed by atoms with Crippen LogP contribution in [0.15, 0.2) is 174 Å². The average molecular weight is 1820 g/mol. The predicted octanol–water partition coefficient (Wildman–Crippen LogP) is 16.3. The van der Waals surface area contributed by atoms with Crippen LogP contribution in [0.4, 0.5) is 64.8 Å². The van der Waals surface area contributed by atoms with Crippen LogP contribution < -0.4 is 31.3 Å². The van der Waals surface area contributed by atoms with Crippen molar-refractivity contribution in [2.75, 3.05) is 106 Å². The van der Waals surface area contributed by atoms with Crippen molar-refractivity contribution in [1.29, 1.82) is 0 Å². The summed E-state index contributed by atoms with van der Waals surface area (Å²) >= 11 is 28.1. The number of nitrogens with zero attached hydrogens (tertiary/aromatic N) is 7. The van der Waals surface area contributed by atoms with Crippen molar-refractivity contribution in [2.45, 2.75) is 81.1 Å². The predicted molar refractivity (Wildman–Crippen MR) is 448 cm³/mol. The van der Waals surface area contributed by atoms with Gasteiger partial charge in [-0.05, 0) is 186 Å². The minimum Gasteiger partial charge on any atom is -0.453 e. The third kappa shape index (κ3) is 27.7. The summed E-state index contributed by atoms with van der Waals surface area (Å²) in [6.07, 6.45) is 7.92. The van der Waals surface area contributed by atoms with Gasteiger partial charge in [0.25, 0.3) is 10.0 Å². The second-order valence-corrected chi connectivity index (χ2v) is 34.2. The molecule has 5 fully saturated rings. The van der Waals surface area contributed by atoms with Crippen molar-refractivity contribution in [3.63, 3.8) is 0 Å². The first-order valence-corrected chi connectivity index (χ1v) is 43.1. The molecule has 5 saturated heterocycles. The van der Waals surface area contributed by atoms with Crippen LogP contribution >= 0.6 is 58.0 Å². The highest BCUT2D eigenvalue weighted by Gasteiger charge is 2.38. The average Bonchev–Trinajstić information content (AvgIpc) is 1.70. The topological polar surface area (TPSA) is 327 Å². The monoisotopic (exact) mass is 1810 g/mol. The van der Waals surface area contributed by atoms with E-state index in [0.29, 0.717) is 132 Å². The number of aromatic nitrogens is 2. The van der Waals surface area contributed by atoms with Crippen LogP contribution in [-0.4, -0.2) is 177 Å². The molecule has 5 aliphatic rings. The van der Waals surface area contributed by atoms with Crippen molar-refractivity contribution >= 4 is 154 Å². The number of carbonyl (C=O) groups excluding carboxylic acids is 8. The van der Waals surface area contributed by atoms with Crippen molar-refractivity contribution in [3.05, 3.63) is 218 Å². The molecule has 0 aliphatic carbocycles. The number of halogens is 10. The van der Waals surface area contributed by atoms with E-state index in [1.807, 2.05) is 6.07 Å². The molecule has 0 radical (unpaired) electrons. The molecule has 8 amide bonds. The number of carbonyl (C=O) groups is 8. The standard InChI is InChI=1S/C19H18ClFN2O3.C18H18ClFN2O3S.C16H18ClFN4O3S.C15H18ClFN2O3.C14H16ClFN2O3/c20-16-9-8-14(11-17(16)21)22-18(24)13-5-4-10-23(12-13)19(25)26-15-6-2-1-3-7-15;19-16-9-8-14(11-17(16)20)21-18(23)13-5-4-10-22(12-13)26(24,25)15-6-2-1-3-7-15;1-21-9-15(19-10-21)26(24,25)22-6-2-3-11(8-22)16(23)20-12-4-5-13(17)14(18)7-12;1-2-22-15(21)19-7-3-4-10(9-19)14(20)18-11-5-6-12(16)13(17)8-11;1-21-14(20)18-6-2-3-9(8-18)13(19)17-10-4-5-11(15)12(16)7-10/h1-3,6-9,11,13H,4-5,10,12H2,(H,22,24);1-3,6-9,11,13H,4-5,10,12H2,(H,21,23);4-5,7,9-11H,2-3,6,8H2,1H3,(H,20,23);5-6,8,10H,2-4,7,9H2,1H3,(H,18,20);4-5,7,9H,2-3,6,8H2,1H3,(H,17,19). The van der Waals surface area contributed by atoms with Gasteiger partial charge < -0.3 is 60.1 Å². The fourth-order valence-corrected chi connectivity index (χ4v) is 16.9. The molecule has 0 saturated carbocycles. The van der Waals surface area contributed by atoms with Gasteiger partial charge in [0.05, 0.1) is 79.6 Å². The number of sulfonamides is 2. The summed E-state index contributed by atoms with van der Waals surface area (Å²) in [5, 5.41) is 13.1. The number of methoxy groups -OCH3 is 1. The number of rotatable bonds is 16. The van der Waals surface area contributed by atoms with Gasteiger partial charge >= 0.3 is 18.3 Å². The van der Waals surface area contributed by atoms with Crippen molar-refractivity contribution in [2.24, 2.45) is 36.6 Å². The van der Waals surface area contributed by atoms with Gasteiger partial charge in [0.15, 0.2) is 5.03 Å². The largest absolute Gasteiger partial charge is 0.453 e. The molecule has 5 unspecified atom stereocenters. The first kappa shape index (κ1) is 94.7. The second-order valence-electron chi connectivity index (χ2n) is 28.4. The van der Waals surface area contributed by atoms with Crippen LogP contribution in [0.3, 0.4) is 0 Å². The molecule has 13 rings (SSSR count). The Balaban J connectivity index is 0.000000172. The maximum atomic E-state index is 13.5. The molecule has 1 aromatic heterocycles. The highest BCUT2D eigenvalue weighted by Crippen LogP contribution is 2.32. The highest BCUT2D eigenvalue weighted by atomic mass is 35.5. The molecule has 648 valence electrons. The van der Waals surface area contributed by atoms with E-state index in [1.54, 1.807) is 61.0 Å². The zero-order chi connectivity index (χ0) is 87.7. The Bertz CT molecular complexity index is 5220. The molecule has 0 bridgehead atoms. The molecule has 5 atom stereocenters. The number of para-hydroxylation sites is 1. The van der Waals surface area contributed by atoms with Gasteiger partial charge in [-0.25, -0.2) is 58.2 Å². The Morgan fingerprint density at radius 3 is 1.03 bits per heavy atom. The molecule has 8 aromatic rings. The number of aryl methyl sites for hydroxylation is 1. The summed E-state index contributed by atoms with van der Waals surface area (Å²) < 4.78 is 137. The molecule has 0 spiro atoms. The molecule has 7 aromatic carbocycles. The number of hydrogen-bond acceptors (Lipinski definition) is 16. The van der Waals surface area contributed by atoms with Gasteiger partial charge in [0.1, 0.15) is 34.8 Å². The molecule has 5 aliphatic heterocycles. The summed E-state index contributed by atoms with van der Waals surface area (Å²) in [5.74, 6) is -6.08. The Kier molecular flexibility index (Phi) is 35.3. The van der Waals surface area contributed by atoms with Crippen molar-refractivity contribution in [1.82, 2.24) is 32.9 Å². The zero-order valence-corrected chi connectivity index (χ0v) is 71.1. The first-order chi connectivity index (χ1) is 57.7. The number of ether oxygens (including phenoxy) is 3. The van der Waals surface area contributed by atoms with Crippen LogP contribution in [-0.2, 0) is 60.5 Å². The maximum Gasteiger partial charge on any atom is 0.415 e. The first-order valence-electron chi connectivity index (χ1n) is 38.3. The molecular formula is C82H88Cl5F5N12O15S2. The van der Waals surface area contributed by atoms with Crippen LogP contribution in [0.5, 0.6) is 5.75 Å². The van der Waals surface area contributed by atoms with Crippen molar-refractivity contribution < 1.29 is 91.4 Å². The lowest BCUT2D eigenvalue weighted by Gasteiger charge is -2.31. The summed E-state index contributed by atoms with van der Waals surface area (Å²) in [4.78, 5) is 106. The SMILES string of the molecule is CCOC(=O)N1CCCC(C(=O)Nc2ccc(Cl)c(F)c2)C1.COC(=O)N1CCCC(C(=O)Nc2ccc(Cl)c(F)c2)C1.Cn1cnc(S(=O)(=O)N2CCCC(C(=O)Nc3ccc(Cl)c(F)c3)C2)c1.O=C(Nc1ccc(Cl)c(F)c1)C1CCCN(C(=O)Oc2ccccc2)C1.O=C(Nc1ccc(Cl)c(F)c1)C1CCCN(S(=O)(=O)c2ccccc2)C1. The number of hydrogen-bond donors (Lipinski definition) is 5. The number of amides is 8. The minimum atomic E-state index is -3.75. The van der Waals surface area contributed by atoms with Crippen molar-refractivity contribution in [3.8, 4) is 5.75 Å². The lowest BCUT2D eigenvalue weighted by Crippen LogP contribution is -2.44. The van der Waals surface area contributed by atoms with Crippen LogP contribution in [0, 0.1) is 58.7 Å². The number of nitrogens with one attached hydrogen (secondary N) is 5. The molecular weight excluding hydrogens is 1730 g/mol. The quantitative estimate of drug-likeness (QED) is 0.0561. The van der Waals surface area contributed by atoms with E-state index in [9.17, 15) is 77.1 Å². The second kappa shape index (κ2) is 45.1. The van der Waals surface area contributed by atoms with Gasteiger partial charge in [0, 0.05) is 107 Å². The van der Waals surface area contributed by atoms with E-state index in [2.05, 4.69) is 36.3 Å². The zero-order valence-electron chi connectivity index (χ0n) is 65.7. The van der Waals surface area contributed by atoms with Gasteiger partial charge in [-0.3, -0.25) is 24.0 Å². The van der Waals surface area contributed by atoms with E-state index in [4.69, 9.17) is 67.5 Å². The van der Waals surface area contributed by atoms with E-state index in [-0.39, 0.29) is 108 Å². The molecule has 121 heavy (non-hydrogen) atoms. The normalized spacial score (nSPS) is 18.0. The number of anilines is 5. The Morgan fingerprint density at radius 2 is 0.719 bits per heavy atom. The lowest BCUT2D eigenvalue weighted by atomic mass is 9.97. The van der Waals surface area contributed by atoms with Gasteiger partial charge in [-0.15, -0.1) is 0 Å². The summed E-state index contributed by atoms with van der Waals surface area (Å²) in [6, 6.07) is 37.2. The fourth-order valence-electron chi connectivity index (χ4n) is 13.3. The van der Waals surface area contributed by atoms with E-state index >= 15 is 0 Å². The van der Waals surface area contributed by atoms with Gasteiger partial charge in [-0.2, -0.15) is 8.61 Å². The van der Waals surface area contributed by atoms with Gasteiger partial charge in [-0.1, -0.05) is 94.4 Å². The van der Waals surface area contributed by atoms with E-state index in [0.717, 1.165) is 25.0 Å². The minimum absolute atomic E-state index is 0.00234. The highest BCUT2D eigenvalue weighted by molar-refractivity contribution is 7.89. The third-order valence-electron chi connectivity index (χ3n) is 19.7. The number of piperidine rings is 5. The fraction of sp³-hybridized carbons (Fsp3) is 0.354. The Morgan fingerprint density at radius 1 is 0.413 bits per heavy atom. The number of likely N-dealkylation sites (tertiary alicyclic amines) is 3. The number of benzene rings is 7. The van der Waals surface area contributed by atoms with Gasteiger partial charge in [0.2, 0.25) is 39.6 Å². The smallest absolute Gasteiger partial charge is 0.415 e. The summed E-state index contributed by atoms with van der Waals surface area (Å²) in [5.41, 5.74) is 1.60. The van der Waals surface area contributed by atoms with Crippen LogP contribution in [0.25, 0.3) is 0 Å². The van der Waals surface area contributed by atoms with E-state index in [1.165, 1.54) is 134 Å². The Hall–Kier alpha value is -10.2. The van der Waals surface area contributed by atoms with Crippen LogP contribution in [0.2, 0.25) is 25.1 Å². The molecule has 6 heterocycles. The Labute approximate surface area is 721 Å².